The van der Waals surface area contributed by atoms with E-state index in [4.69, 9.17) is 20.9 Å². The summed E-state index contributed by atoms with van der Waals surface area (Å²) in [5, 5.41) is 0. The fraction of sp³-hybridized carbons (Fsp3) is 0.783. The van der Waals surface area contributed by atoms with Gasteiger partial charge in [0.25, 0.3) is 0 Å². The molecule has 4 atom stereocenters. The summed E-state index contributed by atoms with van der Waals surface area (Å²) < 4.78 is 10.9. The van der Waals surface area contributed by atoms with Crippen LogP contribution in [0.2, 0.25) is 0 Å². The molecular formula is C23H31N7O2. The van der Waals surface area contributed by atoms with Crippen LogP contribution in [0.1, 0.15) is 31.5 Å². The van der Waals surface area contributed by atoms with E-state index in [-0.39, 0.29) is 0 Å². The lowest BCUT2D eigenvalue weighted by Crippen LogP contribution is -2.62. The van der Waals surface area contributed by atoms with Crippen LogP contribution < -0.4 is 9.80 Å². The summed E-state index contributed by atoms with van der Waals surface area (Å²) in [7, 11) is 0. The largest absolute Gasteiger partial charge is 0.378 e. The molecule has 0 N–H and O–H groups in total. The van der Waals surface area contributed by atoms with E-state index >= 15 is 0 Å². The van der Waals surface area contributed by atoms with Crippen LogP contribution in [0.4, 0.5) is 11.9 Å². The maximum Gasteiger partial charge on any atom is 0.231 e. The number of hydrogen-bond donors (Lipinski definition) is 0. The molecule has 6 fully saturated rings. The number of ether oxygens (including phenoxy) is 2. The molecule has 4 unspecified atom stereocenters. The highest BCUT2D eigenvalue weighted by Crippen LogP contribution is 2.37. The molecule has 0 aromatic carbocycles. The molecular weight excluding hydrogens is 406 g/mol. The van der Waals surface area contributed by atoms with E-state index in [2.05, 4.69) is 35.5 Å². The molecule has 9 nitrogen and oxygen atoms in total. The van der Waals surface area contributed by atoms with Gasteiger partial charge in [0.2, 0.25) is 17.7 Å². The Balaban J connectivity index is 1.12. The average molecular weight is 438 g/mol. The Hall–Kier alpha value is -1.99. The number of anilines is 2. The van der Waals surface area contributed by atoms with Gasteiger partial charge in [-0.15, -0.1) is 6.42 Å². The summed E-state index contributed by atoms with van der Waals surface area (Å²) in [6.07, 6.45) is 10.7. The quantitative estimate of drug-likeness (QED) is 0.604. The molecule has 0 radical (unpaired) electrons. The molecule has 6 aliphatic heterocycles. The fourth-order valence-corrected chi connectivity index (χ4v) is 6.88. The van der Waals surface area contributed by atoms with Crippen LogP contribution in [0.5, 0.6) is 0 Å². The number of hydrogen-bond acceptors (Lipinski definition) is 9. The van der Waals surface area contributed by atoms with Gasteiger partial charge < -0.3 is 19.3 Å². The Morgan fingerprint density at radius 2 is 1.03 bits per heavy atom. The standard InChI is InChI=1S/C23H31N7O2/c1-2-21-24-22(27-7-15-3-4-16(8-27)29(15)19-11-31-12-19)26-23(25-21)28-9-17-5-6-18(10-28)30(17)20-13-32-14-20/h1,15-20H,3-14H2. The van der Waals surface area contributed by atoms with Crippen LogP contribution >= 0.6 is 0 Å². The molecule has 9 heteroatoms. The first-order chi connectivity index (χ1) is 15.8. The van der Waals surface area contributed by atoms with Crippen LogP contribution in [0.15, 0.2) is 0 Å². The lowest BCUT2D eigenvalue weighted by atomic mass is 10.1. The molecule has 6 saturated heterocycles. The minimum absolute atomic E-state index is 0.453. The molecule has 1 aromatic heterocycles. The second kappa shape index (κ2) is 7.52. The smallest absolute Gasteiger partial charge is 0.231 e. The minimum atomic E-state index is 0.453. The van der Waals surface area contributed by atoms with Gasteiger partial charge in [0.05, 0.1) is 38.5 Å². The first-order valence-corrected chi connectivity index (χ1v) is 12.2. The van der Waals surface area contributed by atoms with Gasteiger partial charge in [0, 0.05) is 50.3 Å². The van der Waals surface area contributed by atoms with Gasteiger partial charge in [-0.25, -0.2) is 0 Å². The van der Waals surface area contributed by atoms with Gasteiger partial charge >= 0.3 is 0 Å². The summed E-state index contributed by atoms with van der Waals surface area (Å²) in [5.74, 6) is 4.65. The molecule has 0 spiro atoms. The van der Waals surface area contributed by atoms with Crippen LogP contribution in [-0.2, 0) is 9.47 Å². The zero-order chi connectivity index (χ0) is 21.2. The highest BCUT2D eigenvalue weighted by atomic mass is 16.5. The highest BCUT2D eigenvalue weighted by Gasteiger charge is 2.47. The second-order valence-electron chi connectivity index (χ2n) is 10.3. The summed E-state index contributed by atoms with van der Waals surface area (Å²) in [6, 6.07) is 3.42. The van der Waals surface area contributed by atoms with Crippen molar-refractivity contribution >= 4 is 11.9 Å². The first kappa shape index (κ1) is 19.5. The van der Waals surface area contributed by atoms with Crippen molar-refractivity contribution in [2.24, 2.45) is 0 Å². The average Bonchev–Trinajstić information content (AvgIpc) is 3.12. The Bertz CT molecular complexity index is 837. The third-order valence-corrected chi connectivity index (χ3v) is 8.47. The van der Waals surface area contributed by atoms with E-state index in [0.29, 0.717) is 42.1 Å². The molecule has 32 heavy (non-hydrogen) atoms. The fourth-order valence-electron chi connectivity index (χ4n) is 6.88. The normalized spacial score (nSPS) is 35.6. The lowest BCUT2D eigenvalue weighted by molar-refractivity contribution is -0.0852. The third-order valence-electron chi connectivity index (χ3n) is 8.47. The van der Waals surface area contributed by atoms with Gasteiger partial charge in [0.15, 0.2) is 0 Å². The number of aromatic nitrogens is 3. The number of rotatable bonds is 4. The van der Waals surface area contributed by atoms with E-state index in [1.54, 1.807) is 0 Å². The SMILES string of the molecule is C#Cc1nc(N2CC3CCC(C2)N3C2COC2)nc(N2CC3CCC(C2)N3C2COC2)n1. The van der Waals surface area contributed by atoms with Gasteiger partial charge in [0.1, 0.15) is 0 Å². The molecule has 7 heterocycles. The van der Waals surface area contributed by atoms with Gasteiger partial charge in [-0.05, 0) is 31.6 Å². The second-order valence-corrected chi connectivity index (χ2v) is 10.3. The van der Waals surface area contributed by atoms with Gasteiger partial charge in [-0.1, -0.05) is 0 Å². The van der Waals surface area contributed by atoms with E-state index in [9.17, 15) is 0 Å². The molecule has 7 rings (SSSR count). The summed E-state index contributed by atoms with van der Waals surface area (Å²) >= 11 is 0. The molecule has 6 aliphatic rings. The van der Waals surface area contributed by atoms with Crippen molar-refractivity contribution in [2.75, 3.05) is 62.4 Å². The minimum Gasteiger partial charge on any atom is -0.378 e. The molecule has 0 saturated carbocycles. The maximum absolute atomic E-state index is 5.77. The predicted molar refractivity (Wildman–Crippen MR) is 119 cm³/mol. The van der Waals surface area contributed by atoms with Crippen molar-refractivity contribution in [2.45, 2.75) is 61.9 Å². The van der Waals surface area contributed by atoms with Crippen molar-refractivity contribution in [3.63, 3.8) is 0 Å². The van der Waals surface area contributed by atoms with E-state index in [0.717, 1.165) is 64.5 Å². The van der Waals surface area contributed by atoms with Crippen LogP contribution in [0, 0.1) is 12.3 Å². The predicted octanol–water partition coefficient (Wildman–Crippen LogP) is -0.0435. The monoisotopic (exact) mass is 437 g/mol. The van der Waals surface area contributed by atoms with Crippen molar-refractivity contribution < 1.29 is 9.47 Å². The summed E-state index contributed by atoms with van der Waals surface area (Å²) in [6.45, 7) is 7.36. The van der Waals surface area contributed by atoms with Gasteiger partial charge in [-0.2, -0.15) is 15.0 Å². The maximum atomic E-state index is 5.77. The molecule has 170 valence electrons. The Morgan fingerprint density at radius 1 is 0.625 bits per heavy atom. The molecule has 0 aliphatic carbocycles. The van der Waals surface area contributed by atoms with E-state index in [1.807, 2.05) is 0 Å². The number of nitrogens with zero attached hydrogens (tertiary/aromatic N) is 7. The van der Waals surface area contributed by atoms with Crippen molar-refractivity contribution in [1.29, 1.82) is 0 Å². The van der Waals surface area contributed by atoms with Crippen molar-refractivity contribution in [1.82, 2.24) is 24.8 Å². The summed E-state index contributed by atoms with van der Waals surface area (Å²) in [4.78, 5) is 24.4. The Labute approximate surface area is 189 Å². The molecule has 1 aromatic rings. The first-order valence-electron chi connectivity index (χ1n) is 12.2. The topological polar surface area (TPSA) is 70.1 Å². The van der Waals surface area contributed by atoms with Crippen LogP contribution in [-0.4, -0.2) is 114 Å². The zero-order valence-corrected chi connectivity index (χ0v) is 18.5. The number of terminal acetylenes is 1. The summed E-state index contributed by atoms with van der Waals surface area (Å²) in [5.41, 5.74) is 0. The third kappa shape index (κ3) is 3.04. The zero-order valence-electron chi connectivity index (χ0n) is 18.5. The Kier molecular flexibility index (Phi) is 4.58. The lowest BCUT2D eigenvalue weighted by Gasteiger charge is -2.48. The molecule has 0 amide bonds. The van der Waals surface area contributed by atoms with E-state index in [1.165, 1.54) is 25.7 Å². The number of fused-ring (bicyclic) bond motifs is 4. The van der Waals surface area contributed by atoms with Crippen molar-refractivity contribution in [3.05, 3.63) is 5.82 Å². The highest BCUT2D eigenvalue weighted by molar-refractivity contribution is 5.44. The Morgan fingerprint density at radius 3 is 1.34 bits per heavy atom. The van der Waals surface area contributed by atoms with Crippen molar-refractivity contribution in [3.8, 4) is 12.3 Å². The van der Waals surface area contributed by atoms with Crippen LogP contribution in [0.25, 0.3) is 0 Å². The van der Waals surface area contributed by atoms with Gasteiger partial charge in [-0.3, -0.25) is 9.80 Å². The molecule has 4 bridgehead atoms. The number of piperazine rings is 2. The van der Waals surface area contributed by atoms with Crippen LogP contribution in [0.3, 0.4) is 0 Å². The van der Waals surface area contributed by atoms with E-state index < -0.39 is 0 Å².